The topological polar surface area (TPSA) is 59.1 Å². The second-order valence-corrected chi connectivity index (χ2v) is 4.97. The maximum Gasteiger partial charge on any atom is 0.224 e. The Morgan fingerprint density at radius 1 is 1.33 bits per heavy atom. The zero-order valence-electron chi connectivity index (χ0n) is 12.0. The molecule has 1 aromatic rings. The largest absolute Gasteiger partial charge is 0.377 e. The molecular weight excluding hydrogens is 228 g/mol. The lowest BCUT2D eigenvalue weighted by Crippen LogP contribution is -2.32. The SMILES string of the molecule is CCCNc1ncc(C)c(NCC(C)(C)OC)n1. The van der Waals surface area contributed by atoms with Gasteiger partial charge in [0.2, 0.25) is 5.95 Å². The summed E-state index contributed by atoms with van der Waals surface area (Å²) in [5.41, 5.74) is 0.818. The smallest absolute Gasteiger partial charge is 0.224 e. The maximum atomic E-state index is 5.37. The molecule has 5 heteroatoms. The van der Waals surface area contributed by atoms with Gasteiger partial charge in [-0.2, -0.15) is 4.98 Å². The third-order valence-corrected chi connectivity index (χ3v) is 2.74. The van der Waals surface area contributed by atoms with E-state index in [1.807, 2.05) is 27.0 Å². The number of aromatic nitrogens is 2. The van der Waals surface area contributed by atoms with Crippen LogP contribution in [0.4, 0.5) is 11.8 Å². The third kappa shape index (κ3) is 4.49. The van der Waals surface area contributed by atoms with E-state index in [2.05, 4.69) is 27.5 Å². The van der Waals surface area contributed by atoms with Crippen LogP contribution in [0.2, 0.25) is 0 Å². The predicted octanol–water partition coefficient (Wildman–Crippen LogP) is 2.44. The van der Waals surface area contributed by atoms with Gasteiger partial charge in [-0.05, 0) is 27.2 Å². The van der Waals surface area contributed by atoms with Gasteiger partial charge in [-0.15, -0.1) is 0 Å². The van der Waals surface area contributed by atoms with Gasteiger partial charge in [0, 0.05) is 32.0 Å². The van der Waals surface area contributed by atoms with Crippen molar-refractivity contribution in [1.82, 2.24) is 9.97 Å². The van der Waals surface area contributed by atoms with Crippen LogP contribution in [-0.4, -0.2) is 35.8 Å². The van der Waals surface area contributed by atoms with Crippen LogP contribution in [0, 0.1) is 6.92 Å². The second-order valence-electron chi connectivity index (χ2n) is 4.97. The molecule has 0 aliphatic rings. The van der Waals surface area contributed by atoms with Crippen molar-refractivity contribution in [2.75, 3.05) is 30.8 Å². The number of nitrogens with zero attached hydrogens (tertiary/aromatic N) is 2. The van der Waals surface area contributed by atoms with Crippen LogP contribution in [0.25, 0.3) is 0 Å². The van der Waals surface area contributed by atoms with Crippen LogP contribution in [0.5, 0.6) is 0 Å². The summed E-state index contributed by atoms with van der Waals surface area (Å²) < 4.78 is 5.37. The minimum absolute atomic E-state index is 0.214. The summed E-state index contributed by atoms with van der Waals surface area (Å²) in [6, 6.07) is 0. The molecule has 1 rings (SSSR count). The number of aryl methyl sites for hydroxylation is 1. The van der Waals surface area contributed by atoms with E-state index in [1.54, 1.807) is 7.11 Å². The highest BCUT2D eigenvalue weighted by Gasteiger charge is 2.16. The van der Waals surface area contributed by atoms with Crippen LogP contribution >= 0.6 is 0 Å². The Balaban J connectivity index is 2.69. The molecule has 0 aliphatic heterocycles. The number of nitrogens with one attached hydrogen (secondary N) is 2. The van der Waals surface area contributed by atoms with Gasteiger partial charge in [-0.3, -0.25) is 0 Å². The van der Waals surface area contributed by atoms with E-state index in [9.17, 15) is 0 Å². The van der Waals surface area contributed by atoms with E-state index in [4.69, 9.17) is 4.74 Å². The van der Waals surface area contributed by atoms with Gasteiger partial charge in [-0.25, -0.2) is 4.98 Å². The van der Waals surface area contributed by atoms with E-state index in [1.165, 1.54) is 0 Å². The Kier molecular flexibility index (Phi) is 5.34. The minimum Gasteiger partial charge on any atom is -0.377 e. The third-order valence-electron chi connectivity index (χ3n) is 2.74. The average molecular weight is 252 g/mol. The molecule has 102 valence electrons. The molecule has 0 radical (unpaired) electrons. The van der Waals surface area contributed by atoms with Crippen molar-refractivity contribution in [2.45, 2.75) is 39.7 Å². The van der Waals surface area contributed by atoms with E-state index >= 15 is 0 Å². The molecule has 0 amide bonds. The Bertz CT molecular complexity index is 379. The van der Waals surface area contributed by atoms with Crippen molar-refractivity contribution >= 4 is 11.8 Å². The Morgan fingerprint density at radius 3 is 2.67 bits per heavy atom. The fourth-order valence-corrected chi connectivity index (χ4v) is 1.31. The molecule has 18 heavy (non-hydrogen) atoms. The lowest BCUT2D eigenvalue weighted by atomic mass is 10.1. The van der Waals surface area contributed by atoms with Crippen LogP contribution in [0.15, 0.2) is 6.20 Å². The van der Waals surface area contributed by atoms with Crippen molar-refractivity contribution in [1.29, 1.82) is 0 Å². The minimum atomic E-state index is -0.214. The Morgan fingerprint density at radius 2 is 2.06 bits per heavy atom. The standard InChI is InChI=1S/C13H24N4O/c1-6-7-14-12-15-8-10(2)11(17-12)16-9-13(3,4)18-5/h8H,6-7,9H2,1-5H3,(H2,14,15,16,17). The molecule has 0 aromatic carbocycles. The molecule has 0 bridgehead atoms. The number of anilines is 2. The molecule has 0 unspecified atom stereocenters. The quantitative estimate of drug-likeness (QED) is 0.780. The van der Waals surface area contributed by atoms with E-state index in [0.29, 0.717) is 12.5 Å². The summed E-state index contributed by atoms with van der Waals surface area (Å²) >= 11 is 0. The van der Waals surface area contributed by atoms with Crippen molar-refractivity contribution in [3.63, 3.8) is 0 Å². The molecule has 1 aromatic heterocycles. The molecule has 0 spiro atoms. The molecular formula is C13H24N4O. The van der Waals surface area contributed by atoms with Gasteiger partial charge in [-0.1, -0.05) is 6.92 Å². The van der Waals surface area contributed by atoms with Gasteiger partial charge < -0.3 is 15.4 Å². The summed E-state index contributed by atoms with van der Waals surface area (Å²) in [5.74, 6) is 1.52. The van der Waals surface area contributed by atoms with Crippen molar-refractivity contribution in [2.24, 2.45) is 0 Å². The summed E-state index contributed by atoms with van der Waals surface area (Å²) in [6.07, 6.45) is 2.88. The van der Waals surface area contributed by atoms with Gasteiger partial charge in [0.15, 0.2) is 0 Å². The van der Waals surface area contributed by atoms with Crippen molar-refractivity contribution < 1.29 is 4.74 Å². The normalized spacial score (nSPS) is 11.4. The number of hydrogen-bond donors (Lipinski definition) is 2. The molecule has 0 atom stereocenters. The highest BCUT2D eigenvalue weighted by atomic mass is 16.5. The lowest BCUT2D eigenvalue weighted by Gasteiger charge is -2.24. The molecule has 5 nitrogen and oxygen atoms in total. The van der Waals surface area contributed by atoms with E-state index in [-0.39, 0.29) is 5.60 Å². The molecule has 0 saturated heterocycles. The van der Waals surface area contributed by atoms with Gasteiger partial charge >= 0.3 is 0 Å². The Labute approximate surface area is 109 Å². The van der Waals surface area contributed by atoms with Crippen LogP contribution in [0.3, 0.4) is 0 Å². The van der Waals surface area contributed by atoms with Crippen LogP contribution < -0.4 is 10.6 Å². The number of ether oxygens (including phenoxy) is 1. The molecule has 0 fully saturated rings. The van der Waals surface area contributed by atoms with Crippen LogP contribution in [-0.2, 0) is 4.74 Å². The number of methoxy groups -OCH3 is 1. The molecule has 0 saturated carbocycles. The van der Waals surface area contributed by atoms with Gasteiger partial charge in [0.25, 0.3) is 0 Å². The zero-order valence-corrected chi connectivity index (χ0v) is 12.0. The fourth-order valence-electron chi connectivity index (χ4n) is 1.31. The van der Waals surface area contributed by atoms with Crippen LogP contribution in [0.1, 0.15) is 32.8 Å². The summed E-state index contributed by atoms with van der Waals surface area (Å²) in [6.45, 7) is 9.76. The first-order valence-electron chi connectivity index (χ1n) is 6.35. The molecule has 2 N–H and O–H groups in total. The highest BCUT2D eigenvalue weighted by molar-refractivity contribution is 5.46. The summed E-state index contributed by atoms with van der Waals surface area (Å²) in [5, 5.41) is 6.48. The van der Waals surface area contributed by atoms with Crippen molar-refractivity contribution in [3.05, 3.63) is 11.8 Å². The first-order chi connectivity index (χ1) is 8.48. The van der Waals surface area contributed by atoms with Crippen molar-refractivity contribution in [3.8, 4) is 0 Å². The second kappa shape index (κ2) is 6.54. The van der Waals surface area contributed by atoms with Gasteiger partial charge in [0.1, 0.15) is 5.82 Å². The summed E-state index contributed by atoms with van der Waals surface area (Å²) in [4.78, 5) is 8.71. The zero-order chi connectivity index (χ0) is 13.6. The lowest BCUT2D eigenvalue weighted by molar-refractivity contribution is 0.0343. The van der Waals surface area contributed by atoms with Gasteiger partial charge in [0.05, 0.1) is 5.60 Å². The first kappa shape index (κ1) is 14.7. The maximum absolute atomic E-state index is 5.37. The first-order valence-corrected chi connectivity index (χ1v) is 6.35. The van der Waals surface area contributed by atoms with E-state index in [0.717, 1.165) is 24.3 Å². The number of rotatable bonds is 7. The van der Waals surface area contributed by atoms with E-state index < -0.39 is 0 Å². The fraction of sp³-hybridized carbons (Fsp3) is 0.692. The number of hydrogen-bond acceptors (Lipinski definition) is 5. The highest BCUT2D eigenvalue weighted by Crippen LogP contribution is 2.15. The predicted molar refractivity (Wildman–Crippen MR) is 75.1 cm³/mol. The molecule has 1 heterocycles. The summed E-state index contributed by atoms with van der Waals surface area (Å²) in [7, 11) is 1.71. The Hall–Kier alpha value is -1.36. The monoisotopic (exact) mass is 252 g/mol. The average Bonchev–Trinajstić information content (AvgIpc) is 2.36. The molecule has 0 aliphatic carbocycles.